The SMILES string of the molecule is [B]c1cn(C)c(=O)c2ccccc12. The van der Waals surface area contributed by atoms with Crippen LogP contribution in [0.25, 0.3) is 10.8 Å². The maximum Gasteiger partial charge on any atom is 0.258 e. The van der Waals surface area contributed by atoms with Crippen LogP contribution in [0.3, 0.4) is 0 Å². The van der Waals surface area contributed by atoms with Gasteiger partial charge in [0.15, 0.2) is 0 Å². The van der Waals surface area contributed by atoms with Gasteiger partial charge in [0, 0.05) is 18.6 Å². The van der Waals surface area contributed by atoms with Gasteiger partial charge in [-0.2, -0.15) is 0 Å². The Bertz CT molecular complexity index is 516. The summed E-state index contributed by atoms with van der Waals surface area (Å²) in [4.78, 5) is 11.6. The van der Waals surface area contributed by atoms with E-state index in [4.69, 9.17) is 7.85 Å². The predicted octanol–water partition coefficient (Wildman–Crippen LogP) is 0.332. The van der Waals surface area contributed by atoms with E-state index >= 15 is 0 Å². The average Bonchev–Trinajstić information content (AvgIpc) is 2.15. The maximum absolute atomic E-state index is 11.6. The third kappa shape index (κ3) is 1.17. The topological polar surface area (TPSA) is 22.0 Å². The lowest BCUT2D eigenvalue weighted by atomic mass is 9.92. The van der Waals surface area contributed by atoms with Crippen LogP contribution in [-0.4, -0.2) is 12.4 Å². The molecule has 0 atom stereocenters. The summed E-state index contributed by atoms with van der Waals surface area (Å²) in [6.07, 6.45) is 1.64. The molecule has 0 aliphatic carbocycles. The normalized spacial score (nSPS) is 10.5. The predicted molar refractivity (Wildman–Crippen MR) is 54.6 cm³/mol. The van der Waals surface area contributed by atoms with Crippen LogP contribution < -0.4 is 11.0 Å². The number of aromatic nitrogens is 1. The van der Waals surface area contributed by atoms with Gasteiger partial charge in [-0.1, -0.05) is 23.7 Å². The van der Waals surface area contributed by atoms with Crippen molar-refractivity contribution in [3.63, 3.8) is 0 Å². The first kappa shape index (κ1) is 8.11. The number of rotatable bonds is 0. The second-order valence-corrected chi connectivity index (χ2v) is 3.05. The maximum atomic E-state index is 11.6. The Morgan fingerprint density at radius 3 is 2.54 bits per heavy atom. The highest BCUT2D eigenvalue weighted by Gasteiger charge is 2.01. The Morgan fingerprint density at radius 1 is 1.23 bits per heavy atom. The molecule has 0 amide bonds. The van der Waals surface area contributed by atoms with E-state index in [9.17, 15) is 4.79 Å². The molecule has 0 fully saturated rings. The summed E-state index contributed by atoms with van der Waals surface area (Å²) < 4.78 is 1.50. The molecule has 0 unspecified atom stereocenters. The standard InChI is InChI=1S/C10H8BNO/c1-12-6-9(11)7-4-2-3-5-8(7)10(12)13/h2-6H,1H3. The molecule has 0 aliphatic rings. The van der Waals surface area contributed by atoms with Crippen molar-refractivity contribution in [3.05, 3.63) is 40.8 Å². The zero-order chi connectivity index (χ0) is 9.42. The molecule has 62 valence electrons. The molecule has 2 radical (unpaired) electrons. The monoisotopic (exact) mass is 169 g/mol. The Kier molecular flexibility index (Phi) is 1.73. The van der Waals surface area contributed by atoms with Crippen LogP contribution in [0.15, 0.2) is 35.3 Å². The minimum Gasteiger partial charge on any atom is -0.319 e. The van der Waals surface area contributed by atoms with Crippen LogP contribution in [0, 0.1) is 0 Å². The first-order chi connectivity index (χ1) is 6.20. The first-order valence-corrected chi connectivity index (χ1v) is 4.04. The van der Waals surface area contributed by atoms with E-state index in [0.29, 0.717) is 10.8 Å². The van der Waals surface area contributed by atoms with Crippen molar-refractivity contribution in [2.24, 2.45) is 7.05 Å². The molecule has 2 rings (SSSR count). The lowest BCUT2D eigenvalue weighted by molar-refractivity contribution is 0.878. The van der Waals surface area contributed by atoms with Crippen molar-refractivity contribution in [1.29, 1.82) is 0 Å². The third-order valence-corrected chi connectivity index (χ3v) is 2.12. The molecule has 0 saturated carbocycles. The zero-order valence-electron chi connectivity index (χ0n) is 7.32. The molecule has 2 aromatic rings. The molecule has 1 aromatic heterocycles. The highest BCUT2D eigenvalue weighted by atomic mass is 16.1. The second-order valence-electron chi connectivity index (χ2n) is 3.05. The van der Waals surface area contributed by atoms with Crippen molar-refractivity contribution in [2.45, 2.75) is 0 Å². The number of hydrogen-bond donors (Lipinski definition) is 0. The van der Waals surface area contributed by atoms with E-state index in [1.807, 2.05) is 18.2 Å². The van der Waals surface area contributed by atoms with E-state index < -0.39 is 0 Å². The highest BCUT2D eigenvalue weighted by Crippen LogP contribution is 2.04. The Hall–Kier alpha value is -1.51. The molecular formula is C10H8BNO. The van der Waals surface area contributed by atoms with Gasteiger partial charge >= 0.3 is 0 Å². The summed E-state index contributed by atoms with van der Waals surface area (Å²) in [7, 11) is 7.47. The number of fused-ring (bicyclic) bond motifs is 1. The lowest BCUT2D eigenvalue weighted by Crippen LogP contribution is -2.22. The van der Waals surface area contributed by atoms with Crippen LogP contribution in [0.2, 0.25) is 0 Å². The largest absolute Gasteiger partial charge is 0.319 e. The van der Waals surface area contributed by atoms with E-state index in [1.165, 1.54) is 4.57 Å². The van der Waals surface area contributed by atoms with Gasteiger partial charge in [-0.05, 0) is 11.5 Å². The second kappa shape index (κ2) is 2.77. The molecule has 0 saturated heterocycles. The van der Waals surface area contributed by atoms with Crippen LogP contribution in [-0.2, 0) is 7.05 Å². The Labute approximate surface area is 77.2 Å². The van der Waals surface area contributed by atoms with Crippen molar-refractivity contribution in [2.75, 3.05) is 0 Å². The smallest absolute Gasteiger partial charge is 0.258 e. The molecule has 1 aromatic carbocycles. The molecule has 13 heavy (non-hydrogen) atoms. The van der Waals surface area contributed by atoms with Crippen molar-refractivity contribution < 1.29 is 0 Å². The van der Waals surface area contributed by atoms with Crippen LogP contribution in [0.1, 0.15) is 0 Å². The van der Waals surface area contributed by atoms with Gasteiger partial charge in [-0.15, -0.1) is 0 Å². The number of aryl methyl sites for hydroxylation is 1. The highest BCUT2D eigenvalue weighted by molar-refractivity contribution is 6.38. The summed E-state index contributed by atoms with van der Waals surface area (Å²) in [6, 6.07) is 7.35. The molecule has 0 spiro atoms. The van der Waals surface area contributed by atoms with Crippen LogP contribution >= 0.6 is 0 Å². The van der Waals surface area contributed by atoms with E-state index in [-0.39, 0.29) is 5.56 Å². The molecule has 0 N–H and O–H groups in total. The molecule has 0 aliphatic heterocycles. The quantitative estimate of drug-likeness (QED) is 0.521. The summed E-state index contributed by atoms with van der Waals surface area (Å²) >= 11 is 0. The minimum absolute atomic E-state index is 0.00944. The van der Waals surface area contributed by atoms with Crippen LogP contribution in [0.5, 0.6) is 0 Å². The molecular weight excluding hydrogens is 161 g/mol. The third-order valence-electron chi connectivity index (χ3n) is 2.12. The number of nitrogens with zero attached hydrogens (tertiary/aromatic N) is 1. The fourth-order valence-electron chi connectivity index (χ4n) is 1.45. The summed E-state index contributed by atoms with van der Waals surface area (Å²) in [5.41, 5.74) is 0.627. The number of hydrogen-bond acceptors (Lipinski definition) is 1. The molecule has 1 heterocycles. The van der Waals surface area contributed by atoms with E-state index in [0.717, 1.165) is 5.39 Å². The first-order valence-electron chi connectivity index (χ1n) is 4.04. The fraction of sp³-hybridized carbons (Fsp3) is 0.100. The molecule has 0 bridgehead atoms. The lowest BCUT2D eigenvalue weighted by Gasteiger charge is -2.04. The summed E-state index contributed by atoms with van der Waals surface area (Å²) in [5.74, 6) is 0. The number of pyridine rings is 1. The van der Waals surface area contributed by atoms with E-state index in [2.05, 4.69) is 0 Å². The van der Waals surface area contributed by atoms with Crippen molar-refractivity contribution >= 4 is 24.1 Å². The van der Waals surface area contributed by atoms with Gasteiger partial charge in [0.25, 0.3) is 5.56 Å². The molecule has 3 heteroatoms. The summed E-state index contributed by atoms with van der Waals surface area (Å²) in [5, 5.41) is 1.50. The summed E-state index contributed by atoms with van der Waals surface area (Å²) in [6.45, 7) is 0. The average molecular weight is 169 g/mol. The Balaban J connectivity index is 3.06. The van der Waals surface area contributed by atoms with Gasteiger partial charge in [-0.3, -0.25) is 4.79 Å². The number of benzene rings is 1. The fourth-order valence-corrected chi connectivity index (χ4v) is 1.45. The zero-order valence-corrected chi connectivity index (χ0v) is 7.32. The minimum atomic E-state index is -0.00944. The van der Waals surface area contributed by atoms with Gasteiger partial charge < -0.3 is 4.57 Å². The Morgan fingerprint density at radius 2 is 1.85 bits per heavy atom. The van der Waals surface area contributed by atoms with Gasteiger partial charge in [0.05, 0.1) is 0 Å². The van der Waals surface area contributed by atoms with Gasteiger partial charge in [-0.25, -0.2) is 0 Å². The van der Waals surface area contributed by atoms with Gasteiger partial charge in [0.2, 0.25) is 0 Å². The van der Waals surface area contributed by atoms with Crippen LogP contribution in [0.4, 0.5) is 0 Å². The van der Waals surface area contributed by atoms with Crippen molar-refractivity contribution in [1.82, 2.24) is 4.57 Å². The van der Waals surface area contributed by atoms with E-state index in [1.54, 1.807) is 19.3 Å². The molecule has 2 nitrogen and oxygen atoms in total. The van der Waals surface area contributed by atoms with Crippen molar-refractivity contribution in [3.8, 4) is 0 Å². The van der Waals surface area contributed by atoms with Gasteiger partial charge in [0.1, 0.15) is 7.85 Å².